The van der Waals surface area contributed by atoms with Gasteiger partial charge < -0.3 is 0 Å². The lowest BCUT2D eigenvalue weighted by Gasteiger charge is -2.06. The summed E-state index contributed by atoms with van der Waals surface area (Å²) in [7, 11) is 1.68. The van der Waals surface area contributed by atoms with Crippen molar-refractivity contribution in [2.75, 3.05) is 7.05 Å². The van der Waals surface area contributed by atoms with Gasteiger partial charge in [0, 0.05) is 12.7 Å². The standard InChI is InChI=1S/C17H14FN3OS/c1-11-4-3-5-15(19-11)20-17-21(2)16(22)14(23-17)10-12-6-8-13(18)9-7-12/h3-10H,1-2H3/b14-10-,20-17+. The van der Waals surface area contributed by atoms with Crippen molar-refractivity contribution in [2.24, 2.45) is 4.99 Å². The summed E-state index contributed by atoms with van der Waals surface area (Å²) >= 11 is 1.28. The number of halogens is 1. The van der Waals surface area contributed by atoms with Gasteiger partial charge in [0.1, 0.15) is 5.82 Å². The first-order chi connectivity index (χ1) is 11.0. The summed E-state index contributed by atoms with van der Waals surface area (Å²) in [5.74, 6) is 0.128. The summed E-state index contributed by atoms with van der Waals surface area (Å²) in [4.78, 5) is 23.1. The van der Waals surface area contributed by atoms with E-state index in [1.807, 2.05) is 19.1 Å². The topological polar surface area (TPSA) is 45.6 Å². The van der Waals surface area contributed by atoms with Crippen LogP contribution in [-0.4, -0.2) is 28.0 Å². The molecule has 0 unspecified atom stereocenters. The molecule has 0 bridgehead atoms. The third-order valence-electron chi connectivity index (χ3n) is 3.26. The minimum atomic E-state index is -0.303. The highest BCUT2D eigenvalue weighted by Gasteiger charge is 2.30. The van der Waals surface area contributed by atoms with Gasteiger partial charge in [0.25, 0.3) is 5.91 Å². The summed E-state index contributed by atoms with van der Waals surface area (Å²) < 4.78 is 12.9. The molecule has 0 radical (unpaired) electrons. The number of aromatic nitrogens is 1. The number of thioether (sulfide) groups is 1. The van der Waals surface area contributed by atoms with Crippen LogP contribution in [0.3, 0.4) is 0 Å². The largest absolute Gasteiger partial charge is 0.289 e. The van der Waals surface area contributed by atoms with Crippen molar-refractivity contribution in [2.45, 2.75) is 6.92 Å². The van der Waals surface area contributed by atoms with Gasteiger partial charge in [0.2, 0.25) is 0 Å². The highest BCUT2D eigenvalue weighted by atomic mass is 32.2. The fourth-order valence-electron chi connectivity index (χ4n) is 2.05. The van der Waals surface area contributed by atoms with E-state index in [4.69, 9.17) is 0 Å². The Morgan fingerprint density at radius 3 is 2.65 bits per heavy atom. The Kier molecular flexibility index (Phi) is 4.25. The average Bonchev–Trinajstić information content (AvgIpc) is 2.78. The number of amides is 1. The monoisotopic (exact) mass is 327 g/mol. The second-order valence-electron chi connectivity index (χ2n) is 5.06. The van der Waals surface area contributed by atoms with Gasteiger partial charge in [-0.2, -0.15) is 0 Å². The summed E-state index contributed by atoms with van der Waals surface area (Å²) in [6, 6.07) is 11.6. The molecule has 0 saturated carbocycles. The van der Waals surface area contributed by atoms with E-state index in [9.17, 15) is 9.18 Å². The molecule has 1 aliphatic heterocycles. The molecule has 1 saturated heterocycles. The van der Waals surface area contributed by atoms with Gasteiger partial charge in [-0.25, -0.2) is 14.4 Å². The number of pyridine rings is 1. The van der Waals surface area contributed by atoms with Crippen LogP contribution in [0.1, 0.15) is 11.3 Å². The molecule has 4 nitrogen and oxygen atoms in total. The molecule has 0 spiro atoms. The first-order valence-electron chi connectivity index (χ1n) is 6.98. The number of nitrogens with zero attached hydrogens (tertiary/aromatic N) is 3. The molecule has 0 aliphatic carbocycles. The van der Waals surface area contributed by atoms with Crippen molar-refractivity contribution in [3.63, 3.8) is 0 Å². The van der Waals surface area contributed by atoms with Crippen molar-refractivity contribution >= 4 is 34.7 Å². The zero-order chi connectivity index (χ0) is 16.4. The number of aryl methyl sites for hydroxylation is 1. The molecule has 3 rings (SSSR count). The number of likely N-dealkylation sites (N-methyl/N-ethyl adjacent to an activating group) is 1. The Morgan fingerprint density at radius 2 is 1.96 bits per heavy atom. The Hall–Kier alpha value is -2.47. The van der Waals surface area contributed by atoms with Crippen LogP contribution >= 0.6 is 11.8 Å². The van der Waals surface area contributed by atoms with E-state index in [1.165, 1.54) is 28.8 Å². The van der Waals surface area contributed by atoms with Crippen molar-refractivity contribution in [3.8, 4) is 0 Å². The van der Waals surface area contributed by atoms with Gasteiger partial charge in [-0.3, -0.25) is 9.69 Å². The van der Waals surface area contributed by atoms with Crippen molar-refractivity contribution in [3.05, 3.63) is 64.4 Å². The number of hydrogen-bond donors (Lipinski definition) is 0. The van der Waals surface area contributed by atoms with Crippen LogP contribution in [-0.2, 0) is 4.79 Å². The van der Waals surface area contributed by atoms with Gasteiger partial charge in [-0.05, 0) is 54.6 Å². The van der Waals surface area contributed by atoms with Crippen molar-refractivity contribution in [1.29, 1.82) is 0 Å². The van der Waals surface area contributed by atoms with E-state index in [0.717, 1.165) is 11.3 Å². The fraction of sp³-hybridized carbons (Fsp3) is 0.118. The SMILES string of the molecule is Cc1cccc(/N=C2/S/C(=C\c3ccc(F)cc3)C(=O)N2C)n1. The number of benzene rings is 1. The highest BCUT2D eigenvalue weighted by Crippen LogP contribution is 2.32. The molecule has 2 heterocycles. The first-order valence-corrected chi connectivity index (χ1v) is 7.80. The van der Waals surface area contributed by atoms with E-state index in [1.54, 1.807) is 31.3 Å². The van der Waals surface area contributed by atoms with Crippen LogP contribution in [0.4, 0.5) is 10.2 Å². The third kappa shape index (κ3) is 3.48. The molecule has 1 aliphatic rings. The normalized spacial score (nSPS) is 18.2. The van der Waals surface area contributed by atoms with Crippen LogP contribution in [0.25, 0.3) is 6.08 Å². The van der Waals surface area contributed by atoms with Crippen molar-refractivity contribution < 1.29 is 9.18 Å². The number of carbonyl (C=O) groups excluding carboxylic acids is 1. The number of amidine groups is 1. The molecule has 1 aromatic heterocycles. The maximum Gasteiger partial charge on any atom is 0.266 e. The smallest absolute Gasteiger partial charge is 0.266 e. The molecule has 0 N–H and O–H groups in total. The predicted octanol–water partition coefficient (Wildman–Crippen LogP) is 3.76. The maximum atomic E-state index is 12.9. The minimum absolute atomic E-state index is 0.134. The molecule has 2 aromatic rings. The minimum Gasteiger partial charge on any atom is -0.289 e. The molecule has 23 heavy (non-hydrogen) atoms. The Morgan fingerprint density at radius 1 is 1.22 bits per heavy atom. The number of hydrogen-bond acceptors (Lipinski definition) is 4. The number of aliphatic imine (C=N–C) groups is 1. The van der Waals surface area contributed by atoms with Gasteiger partial charge in [-0.1, -0.05) is 18.2 Å². The second kappa shape index (κ2) is 6.34. The van der Waals surface area contributed by atoms with Gasteiger partial charge in [-0.15, -0.1) is 0 Å². The lowest BCUT2D eigenvalue weighted by atomic mass is 10.2. The lowest BCUT2D eigenvalue weighted by Crippen LogP contribution is -2.23. The zero-order valence-corrected chi connectivity index (χ0v) is 13.5. The zero-order valence-electron chi connectivity index (χ0n) is 12.7. The van der Waals surface area contributed by atoms with E-state index in [0.29, 0.717) is 15.9 Å². The molecule has 1 aromatic carbocycles. The molecule has 1 fully saturated rings. The molecule has 1 amide bonds. The van der Waals surface area contributed by atoms with Crippen LogP contribution < -0.4 is 0 Å². The average molecular weight is 327 g/mol. The summed E-state index contributed by atoms with van der Waals surface area (Å²) in [5, 5.41) is 0.571. The maximum absolute atomic E-state index is 12.9. The second-order valence-corrected chi connectivity index (χ2v) is 6.07. The quantitative estimate of drug-likeness (QED) is 0.789. The summed E-state index contributed by atoms with van der Waals surface area (Å²) in [5.41, 5.74) is 1.64. The molecule has 0 atom stereocenters. The van der Waals surface area contributed by atoms with E-state index in [-0.39, 0.29) is 11.7 Å². The molecular weight excluding hydrogens is 313 g/mol. The van der Waals surface area contributed by atoms with Crippen LogP contribution in [0.15, 0.2) is 52.4 Å². The number of rotatable bonds is 2. The van der Waals surface area contributed by atoms with Crippen LogP contribution in [0.5, 0.6) is 0 Å². The van der Waals surface area contributed by atoms with E-state index >= 15 is 0 Å². The third-order valence-corrected chi connectivity index (χ3v) is 4.32. The first kappa shape index (κ1) is 15.4. The van der Waals surface area contributed by atoms with Crippen molar-refractivity contribution in [1.82, 2.24) is 9.88 Å². The number of carbonyl (C=O) groups is 1. The van der Waals surface area contributed by atoms with Crippen LogP contribution in [0.2, 0.25) is 0 Å². The summed E-state index contributed by atoms with van der Waals surface area (Å²) in [6.45, 7) is 1.89. The van der Waals surface area contributed by atoms with E-state index < -0.39 is 0 Å². The Bertz CT molecular complexity index is 815. The van der Waals surface area contributed by atoms with Gasteiger partial charge in [0.15, 0.2) is 11.0 Å². The van der Waals surface area contributed by atoms with E-state index in [2.05, 4.69) is 9.98 Å². The van der Waals surface area contributed by atoms with Crippen LogP contribution in [0, 0.1) is 12.7 Å². The van der Waals surface area contributed by atoms with Gasteiger partial charge in [0.05, 0.1) is 4.91 Å². The Labute approximate surface area is 137 Å². The van der Waals surface area contributed by atoms with Gasteiger partial charge >= 0.3 is 0 Å². The lowest BCUT2D eigenvalue weighted by molar-refractivity contribution is -0.121. The highest BCUT2D eigenvalue weighted by molar-refractivity contribution is 8.18. The molecular formula is C17H14FN3OS. The predicted molar refractivity (Wildman–Crippen MR) is 90.8 cm³/mol. The Balaban J connectivity index is 1.89. The molecule has 6 heteroatoms. The molecule has 116 valence electrons. The fourth-order valence-corrected chi connectivity index (χ4v) is 3.03. The summed E-state index contributed by atoms with van der Waals surface area (Å²) in [6.07, 6.45) is 1.73.